The van der Waals surface area contributed by atoms with Gasteiger partial charge >= 0.3 is 0 Å². The van der Waals surface area contributed by atoms with Gasteiger partial charge < -0.3 is 16.4 Å². The van der Waals surface area contributed by atoms with Gasteiger partial charge in [0.25, 0.3) is 0 Å². The van der Waals surface area contributed by atoms with Gasteiger partial charge in [0, 0.05) is 12.6 Å². The fraction of sp³-hybridized carbons (Fsp3) is 0.429. The van der Waals surface area contributed by atoms with Crippen molar-refractivity contribution in [3.63, 3.8) is 0 Å². The minimum absolute atomic E-state index is 0. The molecule has 0 saturated carbocycles. The number of rotatable bonds is 5. The zero-order valence-corrected chi connectivity index (χ0v) is 13.8. The normalized spacial score (nSPS) is 12.8. The van der Waals surface area contributed by atoms with Gasteiger partial charge in [-0.15, -0.1) is 12.4 Å². The van der Waals surface area contributed by atoms with Crippen molar-refractivity contribution in [2.75, 3.05) is 10.6 Å². The van der Waals surface area contributed by atoms with E-state index in [-0.39, 0.29) is 30.1 Å². The van der Waals surface area contributed by atoms with E-state index in [1.54, 1.807) is 18.2 Å². The van der Waals surface area contributed by atoms with Crippen LogP contribution in [0.5, 0.6) is 0 Å². The lowest BCUT2D eigenvalue weighted by Crippen LogP contribution is -2.40. The number of nitrogens with one attached hydrogen (secondary N) is 2. The lowest BCUT2D eigenvalue weighted by molar-refractivity contribution is -0.118. The molecule has 0 aromatic heterocycles. The van der Waals surface area contributed by atoms with E-state index in [1.165, 1.54) is 6.92 Å². The molecule has 118 valence electrons. The molecule has 0 aliphatic carbocycles. The molecule has 5 nitrogen and oxygen atoms in total. The Morgan fingerprint density at radius 3 is 2.48 bits per heavy atom. The first-order valence-corrected chi connectivity index (χ1v) is 6.86. The van der Waals surface area contributed by atoms with Gasteiger partial charge in [0.1, 0.15) is 0 Å². The molecule has 0 aliphatic rings. The number of benzene rings is 1. The topological polar surface area (TPSA) is 84.2 Å². The van der Waals surface area contributed by atoms with E-state index in [1.807, 2.05) is 13.8 Å². The highest BCUT2D eigenvalue weighted by atomic mass is 35.5. The minimum atomic E-state index is -0.597. The van der Waals surface area contributed by atoms with Gasteiger partial charge in [0.05, 0.1) is 16.8 Å². The quantitative estimate of drug-likeness (QED) is 0.774. The van der Waals surface area contributed by atoms with Gasteiger partial charge in [-0.1, -0.05) is 31.9 Å². The van der Waals surface area contributed by atoms with E-state index in [0.717, 1.165) is 6.42 Å². The molecule has 2 amide bonds. The highest BCUT2D eigenvalue weighted by Crippen LogP contribution is 2.26. The predicted octanol–water partition coefficient (Wildman–Crippen LogP) is 3.03. The van der Waals surface area contributed by atoms with Gasteiger partial charge in [-0.25, -0.2) is 0 Å². The Morgan fingerprint density at radius 2 is 1.95 bits per heavy atom. The summed E-state index contributed by atoms with van der Waals surface area (Å²) in [6.07, 6.45) is 0.814. The molecule has 2 atom stereocenters. The van der Waals surface area contributed by atoms with Crippen molar-refractivity contribution in [2.24, 2.45) is 11.7 Å². The van der Waals surface area contributed by atoms with Crippen molar-refractivity contribution in [3.8, 4) is 0 Å². The second kappa shape index (κ2) is 8.87. The third-order valence-electron chi connectivity index (χ3n) is 3.10. The van der Waals surface area contributed by atoms with Crippen LogP contribution in [0.4, 0.5) is 11.4 Å². The van der Waals surface area contributed by atoms with Gasteiger partial charge in [0.15, 0.2) is 0 Å². The number of anilines is 2. The molecule has 7 heteroatoms. The number of nitrogens with two attached hydrogens (primary N) is 1. The Kier molecular flexibility index (Phi) is 8.32. The van der Waals surface area contributed by atoms with Crippen molar-refractivity contribution < 1.29 is 9.59 Å². The van der Waals surface area contributed by atoms with Crippen LogP contribution in [0.15, 0.2) is 18.2 Å². The maximum Gasteiger partial charge on any atom is 0.241 e. The Labute approximate surface area is 136 Å². The van der Waals surface area contributed by atoms with Crippen LogP contribution in [-0.4, -0.2) is 17.9 Å². The summed E-state index contributed by atoms with van der Waals surface area (Å²) >= 11 is 6.03. The molecule has 0 bridgehead atoms. The first-order chi connectivity index (χ1) is 9.35. The summed E-state index contributed by atoms with van der Waals surface area (Å²) in [5.41, 5.74) is 6.86. The smallest absolute Gasteiger partial charge is 0.241 e. The average Bonchev–Trinajstić information content (AvgIpc) is 2.40. The first-order valence-electron chi connectivity index (χ1n) is 6.48. The largest absolute Gasteiger partial charge is 0.326 e. The van der Waals surface area contributed by atoms with Crippen LogP contribution in [0.1, 0.15) is 27.2 Å². The standard InChI is InChI=1S/C14H20ClN3O2.ClH/c1-4-8(2)13(16)14(20)18-12-7-10(17-9(3)19)5-6-11(12)15;/h5-8,13H,4,16H2,1-3H3,(H,17,19)(H,18,20);1H. The fourth-order valence-corrected chi connectivity index (χ4v) is 1.80. The molecule has 0 spiro atoms. The van der Waals surface area contributed by atoms with E-state index < -0.39 is 6.04 Å². The number of hydrogen-bond acceptors (Lipinski definition) is 3. The zero-order chi connectivity index (χ0) is 15.3. The Morgan fingerprint density at radius 1 is 1.33 bits per heavy atom. The van der Waals surface area contributed by atoms with E-state index in [2.05, 4.69) is 10.6 Å². The van der Waals surface area contributed by atoms with Crippen LogP contribution in [0, 0.1) is 5.92 Å². The average molecular weight is 334 g/mol. The fourth-order valence-electron chi connectivity index (χ4n) is 1.63. The first kappa shape index (κ1) is 19.7. The van der Waals surface area contributed by atoms with Gasteiger partial charge in [-0.3, -0.25) is 9.59 Å². The molecule has 0 fully saturated rings. The lowest BCUT2D eigenvalue weighted by Gasteiger charge is -2.18. The summed E-state index contributed by atoms with van der Waals surface area (Å²) in [6.45, 7) is 5.30. The molecule has 21 heavy (non-hydrogen) atoms. The predicted molar refractivity (Wildman–Crippen MR) is 89.1 cm³/mol. The van der Waals surface area contributed by atoms with Crippen LogP contribution in [0.25, 0.3) is 0 Å². The maximum atomic E-state index is 12.0. The molecule has 4 N–H and O–H groups in total. The van der Waals surface area contributed by atoms with E-state index in [0.29, 0.717) is 16.4 Å². The van der Waals surface area contributed by atoms with E-state index in [4.69, 9.17) is 17.3 Å². The van der Waals surface area contributed by atoms with Gasteiger partial charge in [-0.2, -0.15) is 0 Å². The Bertz CT molecular complexity index is 509. The van der Waals surface area contributed by atoms with Crippen LogP contribution >= 0.6 is 24.0 Å². The molecular formula is C14H21Cl2N3O2. The van der Waals surface area contributed by atoms with Crippen molar-refractivity contribution in [1.82, 2.24) is 0 Å². The number of carbonyl (C=O) groups excluding carboxylic acids is 2. The third-order valence-corrected chi connectivity index (χ3v) is 3.43. The van der Waals surface area contributed by atoms with Crippen LogP contribution in [-0.2, 0) is 9.59 Å². The van der Waals surface area contributed by atoms with Gasteiger partial charge in [0.2, 0.25) is 11.8 Å². The summed E-state index contributed by atoms with van der Waals surface area (Å²) < 4.78 is 0. The molecule has 0 heterocycles. The zero-order valence-electron chi connectivity index (χ0n) is 12.3. The molecule has 1 aromatic carbocycles. The summed E-state index contributed by atoms with van der Waals surface area (Å²) in [4.78, 5) is 23.0. The van der Waals surface area contributed by atoms with E-state index >= 15 is 0 Å². The molecule has 1 aromatic rings. The summed E-state index contributed by atoms with van der Waals surface area (Å²) in [5, 5.41) is 5.71. The highest BCUT2D eigenvalue weighted by molar-refractivity contribution is 6.34. The van der Waals surface area contributed by atoms with Crippen molar-refractivity contribution >= 4 is 47.2 Å². The number of halogens is 2. The summed E-state index contributed by atoms with van der Waals surface area (Å²) in [7, 11) is 0. The number of carbonyl (C=O) groups is 2. The number of hydrogen-bond donors (Lipinski definition) is 3. The lowest BCUT2D eigenvalue weighted by atomic mass is 9.99. The van der Waals surface area contributed by atoms with Crippen LogP contribution in [0.2, 0.25) is 5.02 Å². The minimum Gasteiger partial charge on any atom is -0.326 e. The van der Waals surface area contributed by atoms with Crippen LogP contribution in [0.3, 0.4) is 0 Å². The molecular weight excluding hydrogens is 313 g/mol. The second-order valence-electron chi connectivity index (χ2n) is 4.78. The van der Waals surface area contributed by atoms with Crippen molar-refractivity contribution in [3.05, 3.63) is 23.2 Å². The van der Waals surface area contributed by atoms with Crippen molar-refractivity contribution in [2.45, 2.75) is 33.2 Å². The molecule has 2 unspecified atom stereocenters. The molecule has 0 radical (unpaired) electrons. The van der Waals surface area contributed by atoms with Crippen molar-refractivity contribution in [1.29, 1.82) is 0 Å². The summed E-state index contributed by atoms with van der Waals surface area (Å²) in [6, 6.07) is 4.27. The Hall–Kier alpha value is -1.30. The SMILES string of the molecule is CCC(C)C(N)C(=O)Nc1cc(NC(C)=O)ccc1Cl.Cl. The molecule has 1 rings (SSSR count). The maximum absolute atomic E-state index is 12.0. The monoisotopic (exact) mass is 333 g/mol. The van der Waals surface area contributed by atoms with Crippen LogP contribution < -0.4 is 16.4 Å². The molecule has 0 aliphatic heterocycles. The second-order valence-corrected chi connectivity index (χ2v) is 5.18. The summed E-state index contributed by atoms with van der Waals surface area (Å²) in [5.74, 6) is -0.408. The third kappa shape index (κ3) is 5.91. The Balaban J connectivity index is 0.00000400. The van der Waals surface area contributed by atoms with E-state index in [9.17, 15) is 9.59 Å². The number of amides is 2. The molecule has 0 saturated heterocycles. The van der Waals surface area contributed by atoms with Gasteiger partial charge in [-0.05, 0) is 24.1 Å². The highest BCUT2D eigenvalue weighted by Gasteiger charge is 2.20.